The second-order valence-electron chi connectivity index (χ2n) is 6.86. The summed E-state index contributed by atoms with van der Waals surface area (Å²) in [4.78, 5) is 33.7. The summed E-state index contributed by atoms with van der Waals surface area (Å²) in [5.74, 6) is 0.0131. The third-order valence-corrected chi connectivity index (χ3v) is 5.04. The topological polar surface area (TPSA) is 66.7 Å². The third kappa shape index (κ3) is 3.53. The molecule has 6 nitrogen and oxygen atoms in total. The minimum absolute atomic E-state index is 0.0622. The molecule has 4 rings (SSSR count). The molecule has 28 heavy (non-hydrogen) atoms. The summed E-state index contributed by atoms with van der Waals surface area (Å²) in [6.07, 6.45) is 3.45. The van der Waals surface area contributed by atoms with Crippen molar-refractivity contribution in [2.24, 2.45) is 0 Å². The van der Waals surface area contributed by atoms with E-state index in [9.17, 15) is 9.59 Å². The van der Waals surface area contributed by atoms with E-state index in [4.69, 9.17) is 4.42 Å². The largest absolute Gasteiger partial charge is 0.467 e. The van der Waals surface area contributed by atoms with Crippen LogP contribution in [-0.2, 0) is 22.7 Å². The van der Waals surface area contributed by atoms with Gasteiger partial charge in [0, 0.05) is 25.4 Å². The number of rotatable bonds is 5. The molecular formula is C22H21N3O3. The molecule has 0 saturated heterocycles. The van der Waals surface area contributed by atoms with Gasteiger partial charge in [-0.05, 0) is 35.9 Å². The molecule has 142 valence electrons. The molecular weight excluding hydrogens is 354 g/mol. The Morgan fingerprint density at radius 3 is 2.71 bits per heavy atom. The quantitative estimate of drug-likeness (QED) is 0.686. The third-order valence-electron chi connectivity index (χ3n) is 5.04. The monoisotopic (exact) mass is 375 g/mol. The standard InChI is InChI=1S/C22H21N3O3/c1-24-20-10-3-2-9-18(20)19(13-21(24)26)22(27)25(15-17-8-6-12-28-17)14-16-7-4-5-11-23-16/h2-12,19H,13-15H2,1H3/t19-/m0/s1. The van der Waals surface area contributed by atoms with Gasteiger partial charge in [-0.1, -0.05) is 24.3 Å². The fourth-order valence-electron chi connectivity index (χ4n) is 3.57. The molecule has 2 amide bonds. The summed E-state index contributed by atoms with van der Waals surface area (Å²) in [6, 6.07) is 16.8. The number of aromatic nitrogens is 1. The highest BCUT2D eigenvalue weighted by molar-refractivity contribution is 6.02. The Bertz CT molecular complexity index is 970. The molecule has 0 saturated carbocycles. The van der Waals surface area contributed by atoms with E-state index in [0.29, 0.717) is 18.8 Å². The van der Waals surface area contributed by atoms with Gasteiger partial charge in [0.05, 0.1) is 31.0 Å². The predicted molar refractivity (Wildman–Crippen MR) is 104 cm³/mol. The molecule has 1 atom stereocenters. The van der Waals surface area contributed by atoms with Crippen LogP contribution >= 0.6 is 0 Å². The molecule has 1 aromatic carbocycles. The maximum Gasteiger partial charge on any atom is 0.231 e. The van der Waals surface area contributed by atoms with E-state index >= 15 is 0 Å². The van der Waals surface area contributed by atoms with Crippen molar-refractivity contribution in [3.8, 4) is 0 Å². The Morgan fingerprint density at radius 2 is 1.96 bits per heavy atom. The number of furan rings is 1. The predicted octanol–water partition coefficient (Wildman–Crippen LogP) is 3.35. The summed E-state index contributed by atoms with van der Waals surface area (Å²) in [7, 11) is 1.75. The fraction of sp³-hybridized carbons (Fsp3) is 0.227. The number of carbonyl (C=O) groups is 2. The van der Waals surface area contributed by atoms with Crippen LogP contribution in [0.15, 0.2) is 71.5 Å². The first-order chi connectivity index (χ1) is 13.6. The number of pyridine rings is 1. The lowest BCUT2D eigenvalue weighted by Gasteiger charge is -2.33. The van der Waals surface area contributed by atoms with E-state index in [0.717, 1.165) is 16.9 Å². The first-order valence-corrected chi connectivity index (χ1v) is 9.20. The van der Waals surface area contributed by atoms with Gasteiger partial charge >= 0.3 is 0 Å². The minimum Gasteiger partial charge on any atom is -0.467 e. The summed E-state index contributed by atoms with van der Waals surface area (Å²) >= 11 is 0. The Hall–Kier alpha value is -3.41. The fourth-order valence-corrected chi connectivity index (χ4v) is 3.57. The number of benzene rings is 1. The highest BCUT2D eigenvalue weighted by Gasteiger charge is 2.36. The first-order valence-electron chi connectivity index (χ1n) is 9.20. The zero-order chi connectivity index (χ0) is 19.5. The Kier molecular flexibility index (Phi) is 4.93. The van der Waals surface area contributed by atoms with E-state index < -0.39 is 5.92 Å². The van der Waals surface area contributed by atoms with Gasteiger partial charge in [0.2, 0.25) is 11.8 Å². The lowest BCUT2D eigenvalue weighted by atomic mass is 9.88. The molecule has 2 aromatic heterocycles. The van der Waals surface area contributed by atoms with Crippen LogP contribution < -0.4 is 4.90 Å². The SMILES string of the molecule is CN1C(=O)C[C@H](C(=O)N(Cc2ccccn2)Cc2ccco2)c2ccccc21. The second kappa shape index (κ2) is 7.68. The van der Waals surface area contributed by atoms with Crippen LogP contribution in [-0.4, -0.2) is 28.7 Å². The van der Waals surface area contributed by atoms with Gasteiger partial charge in [-0.3, -0.25) is 14.6 Å². The maximum absolute atomic E-state index is 13.5. The number of hydrogen-bond acceptors (Lipinski definition) is 4. The van der Waals surface area contributed by atoms with Crippen LogP contribution in [0.3, 0.4) is 0 Å². The number of hydrogen-bond donors (Lipinski definition) is 0. The molecule has 1 aliphatic heterocycles. The Morgan fingerprint density at radius 1 is 1.14 bits per heavy atom. The van der Waals surface area contributed by atoms with Crippen molar-refractivity contribution in [3.63, 3.8) is 0 Å². The molecule has 6 heteroatoms. The maximum atomic E-state index is 13.5. The van der Waals surface area contributed by atoms with Crippen molar-refractivity contribution in [3.05, 3.63) is 84.1 Å². The van der Waals surface area contributed by atoms with Gasteiger partial charge in [0.1, 0.15) is 5.76 Å². The average Bonchev–Trinajstić information content (AvgIpc) is 3.24. The van der Waals surface area contributed by atoms with Crippen molar-refractivity contribution in [2.75, 3.05) is 11.9 Å². The molecule has 0 N–H and O–H groups in total. The molecule has 0 unspecified atom stereocenters. The second-order valence-corrected chi connectivity index (χ2v) is 6.86. The van der Waals surface area contributed by atoms with Crippen LogP contribution in [0.2, 0.25) is 0 Å². The summed E-state index contributed by atoms with van der Waals surface area (Å²) in [6.45, 7) is 0.675. The minimum atomic E-state index is -0.515. The number of amides is 2. The van der Waals surface area contributed by atoms with Crippen LogP contribution in [0.4, 0.5) is 5.69 Å². The van der Waals surface area contributed by atoms with Crippen LogP contribution in [0.25, 0.3) is 0 Å². The van der Waals surface area contributed by atoms with Gasteiger partial charge < -0.3 is 14.2 Å². The average molecular weight is 375 g/mol. The molecule has 0 fully saturated rings. The van der Waals surface area contributed by atoms with E-state index in [1.165, 1.54) is 0 Å². The molecule has 0 aliphatic carbocycles. The number of para-hydroxylation sites is 1. The lowest BCUT2D eigenvalue weighted by molar-refractivity contribution is -0.136. The molecule has 0 bridgehead atoms. The van der Waals surface area contributed by atoms with E-state index in [-0.39, 0.29) is 18.2 Å². The number of anilines is 1. The summed E-state index contributed by atoms with van der Waals surface area (Å²) in [5, 5.41) is 0. The highest BCUT2D eigenvalue weighted by Crippen LogP contribution is 2.36. The lowest BCUT2D eigenvalue weighted by Crippen LogP contribution is -2.41. The van der Waals surface area contributed by atoms with Gasteiger partial charge in [-0.25, -0.2) is 0 Å². The molecule has 3 heterocycles. The molecule has 0 radical (unpaired) electrons. The van der Waals surface area contributed by atoms with Crippen molar-refractivity contribution in [1.82, 2.24) is 9.88 Å². The van der Waals surface area contributed by atoms with Crippen molar-refractivity contribution < 1.29 is 14.0 Å². The highest BCUT2D eigenvalue weighted by atomic mass is 16.3. The molecule has 3 aromatic rings. The van der Waals surface area contributed by atoms with Crippen molar-refractivity contribution >= 4 is 17.5 Å². The zero-order valence-corrected chi connectivity index (χ0v) is 15.6. The van der Waals surface area contributed by atoms with E-state index in [1.807, 2.05) is 48.5 Å². The number of fused-ring (bicyclic) bond motifs is 1. The molecule has 1 aliphatic rings. The van der Waals surface area contributed by atoms with Crippen molar-refractivity contribution in [2.45, 2.75) is 25.4 Å². The van der Waals surface area contributed by atoms with Crippen LogP contribution in [0.1, 0.15) is 29.4 Å². The van der Waals surface area contributed by atoms with Crippen LogP contribution in [0, 0.1) is 0 Å². The van der Waals surface area contributed by atoms with Gasteiger partial charge in [-0.15, -0.1) is 0 Å². The summed E-state index contributed by atoms with van der Waals surface area (Å²) in [5.41, 5.74) is 2.45. The van der Waals surface area contributed by atoms with E-state index in [1.54, 1.807) is 35.4 Å². The van der Waals surface area contributed by atoms with Gasteiger partial charge in [-0.2, -0.15) is 0 Å². The number of nitrogens with zero attached hydrogens (tertiary/aromatic N) is 3. The van der Waals surface area contributed by atoms with Crippen molar-refractivity contribution in [1.29, 1.82) is 0 Å². The normalized spacial score (nSPS) is 16.0. The molecule has 0 spiro atoms. The zero-order valence-electron chi connectivity index (χ0n) is 15.6. The van der Waals surface area contributed by atoms with E-state index in [2.05, 4.69) is 4.98 Å². The van der Waals surface area contributed by atoms with Crippen LogP contribution in [0.5, 0.6) is 0 Å². The number of carbonyl (C=O) groups excluding carboxylic acids is 2. The van der Waals surface area contributed by atoms with Gasteiger partial charge in [0.15, 0.2) is 0 Å². The Labute approximate surface area is 163 Å². The first kappa shape index (κ1) is 18.0. The Balaban J connectivity index is 1.66. The smallest absolute Gasteiger partial charge is 0.231 e. The summed E-state index contributed by atoms with van der Waals surface area (Å²) < 4.78 is 5.46. The van der Waals surface area contributed by atoms with Gasteiger partial charge in [0.25, 0.3) is 0 Å².